The molecular weight excluding hydrogens is 408 g/mol. The minimum atomic E-state index is -3.76. The second-order valence-corrected chi connectivity index (χ2v) is 10.8. The lowest BCUT2D eigenvalue weighted by Crippen LogP contribution is -2.61. The molecule has 1 aliphatic carbocycles. The first-order chi connectivity index (χ1) is 14.0. The minimum Gasteiger partial charge on any atom is -0.338 e. The molecule has 9 heteroatoms. The van der Waals surface area contributed by atoms with Crippen LogP contribution in [0.25, 0.3) is 0 Å². The number of nitrogens with zero attached hydrogens (tertiary/aromatic N) is 1. The Kier molecular flexibility index (Phi) is 7.50. The second kappa shape index (κ2) is 9.88. The van der Waals surface area contributed by atoms with Crippen LogP contribution in [0.1, 0.15) is 30.6 Å². The van der Waals surface area contributed by atoms with E-state index in [1.807, 2.05) is 11.4 Å². The van der Waals surface area contributed by atoms with Crippen molar-refractivity contribution < 1.29 is 13.2 Å². The highest BCUT2D eigenvalue weighted by molar-refractivity contribution is 7.90. The number of aryl methyl sites for hydroxylation is 1. The van der Waals surface area contributed by atoms with Crippen LogP contribution in [0.3, 0.4) is 0 Å². The quantitative estimate of drug-likeness (QED) is 0.541. The van der Waals surface area contributed by atoms with Gasteiger partial charge in [0.1, 0.15) is 0 Å². The number of amides is 2. The Morgan fingerprint density at radius 3 is 2.72 bits per heavy atom. The summed E-state index contributed by atoms with van der Waals surface area (Å²) >= 11 is 1.69. The van der Waals surface area contributed by atoms with E-state index >= 15 is 0 Å². The van der Waals surface area contributed by atoms with E-state index in [-0.39, 0.29) is 6.42 Å². The largest absolute Gasteiger partial charge is 0.338 e. The maximum absolute atomic E-state index is 13.4. The van der Waals surface area contributed by atoms with Gasteiger partial charge in [-0.15, -0.1) is 11.3 Å². The van der Waals surface area contributed by atoms with Gasteiger partial charge in [-0.05, 0) is 55.7 Å². The number of thiophene rings is 1. The highest BCUT2D eigenvalue weighted by atomic mass is 32.2. The molecule has 29 heavy (non-hydrogen) atoms. The molecule has 0 aromatic carbocycles. The maximum atomic E-state index is 13.4. The molecule has 7 nitrogen and oxygen atoms in total. The lowest BCUT2D eigenvalue weighted by Gasteiger charge is -2.39. The Morgan fingerprint density at radius 1 is 1.31 bits per heavy atom. The smallest absolute Gasteiger partial charge is 0.316 e. The highest BCUT2D eigenvalue weighted by Gasteiger charge is 2.47. The molecule has 1 aromatic heterocycles. The third-order valence-electron chi connectivity index (χ3n) is 5.53. The van der Waals surface area contributed by atoms with Crippen molar-refractivity contribution in [3.63, 3.8) is 0 Å². The summed E-state index contributed by atoms with van der Waals surface area (Å²) in [5.74, 6) is 0.360. The first kappa shape index (κ1) is 22.0. The van der Waals surface area contributed by atoms with Crippen LogP contribution in [-0.2, 0) is 16.4 Å². The van der Waals surface area contributed by atoms with E-state index in [1.165, 1.54) is 9.18 Å². The van der Waals surface area contributed by atoms with Crippen molar-refractivity contribution in [1.82, 2.24) is 14.9 Å². The first-order valence-corrected chi connectivity index (χ1v) is 12.4. The number of nitrogens with one attached hydrogen (secondary N) is 2. The summed E-state index contributed by atoms with van der Waals surface area (Å²) < 4.78 is 28.4. The molecule has 2 amide bonds. The average Bonchev–Trinajstić information content (AvgIpc) is 3.25. The fourth-order valence-corrected chi connectivity index (χ4v) is 6.40. The molecule has 2 heterocycles. The summed E-state index contributed by atoms with van der Waals surface area (Å²) in [6.07, 6.45) is 10.3. The molecule has 1 fully saturated rings. The van der Waals surface area contributed by atoms with Gasteiger partial charge in [-0.3, -0.25) is 0 Å². The summed E-state index contributed by atoms with van der Waals surface area (Å²) in [4.78, 5) is 12.4. The molecule has 4 N–H and O–H groups in total. The van der Waals surface area contributed by atoms with Crippen molar-refractivity contribution in [1.29, 1.82) is 0 Å². The average molecular weight is 439 g/mol. The third-order valence-corrected chi connectivity index (χ3v) is 8.84. The zero-order valence-electron chi connectivity index (χ0n) is 16.5. The van der Waals surface area contributed by atoms with Crippen LogP contribution in [0.2, 0.25) is 0 Å². The number of hydrogen-bond acceptors (Lipinski definition) is 5. The molecule has 1 atom stereocenters. The summed E-state index contributed by atoms with van der Waals surface area (Å²) in [5, 5.41) is 7.59. The third kappa shape index (κ3) is 5.28. The standard InChI is InChI=1S/C20H30N4O3S2/c21-16-17-8-13-24(14-9-17)29(26,27)20(10-2-1-3-11-20)23-19(25)22-12-4-6-18-7-5-15-28-18/h1-3,5,7,10,15,17H,4,6,8-9,11-14,16,21H2,(H2,22,23,25). The van der Waals surface area contributed by atoms with Crippen molar-refractivity contribution >= 4 is 27.4 Å². The molecular formula is C20H30N4O3S2. The molecule has 1 saturated heterocycles. The molecule has 1 unspecified atom stereocenters. The van der Waals surface area contributed by atoms with Crippen LogP contribution in [0, 0.1) is 5.92 Å². The Bertz CT molecular complexity index is 828. The molecule has 0 saturated carbocycles. The highest BCUT2D eigenvalue weighted by Crippen LogP contribution is 2.30. The van der Waals surface area contributed by atoms with Gasteiger partial charge in [0, 0.05) is 30.9 Å². The Balaban J connectivity index is 1.61. The molecule has 160 valence electrons. The number of allylic oxidation sites excluding steroid dienone is 2. The van der Waals surface area contributed by atoms with Crippen molar-refractivity contribution in [2.75, 3.05) is 26.2 Å². The van der Waals surface area contributed by atoms with Gasteiger partial charge in [0.05, 0.1) is 0 Å². The van der Waals surface area contributed by atoms with Gasteiger partial charge in [-0.2, -0.15) is 4.31 Å². The Morgan fingerprint density at radius 2 is 2.10 bits per heavy atom. The van der Waals surface area contributed by atoms with Crippen LogP contribution >= 0.6 is 11.3 Å². The number of rotatable bonds is 8. The van der Waals surface area contributed by atoms with Crippen molar-refractivity contribution in [3.05, 3.63) is 46.7 Å². The van der Waals surface area contributed by atoms with Crippen LogP contribution < -0.4 is 16.4 Å². The van der Waals surface area contributed by atoms with Gasteiger partial charge in [-0.1, -0.05) is 24.3 Å². The van der Waals surface area contributed by atoms with Gasteiger partial charge in [0.2, 0.25) is 10.0 Å². The normalized spacial score (nSPS) is 23.2. The number of piperidine rings is 1. The lowest BCUT2D eigenvalue weighted by molar-refractivity contribution is 0.233. The van der Waals surface area contributed by atoms with E-state index < -0.39 is 20.9 Å². The Hall–Kier alpha value is -1.68. The van der Waals surface area contributed by atoms with Crippen molar-refractivity contribution in [2.24, 2.45) is 11.7 Å². The van der Waals surface area contributed by atoms with Crippen molar-refractivity contribution in [3.8, 4) is 0 Å². The van der Waals surface area contributed by atoms with Crippen LogP contribution in [0.5, 0.6) is 0 Å². The monoisotopic (exact) mass is 438 g/mol. The van der Waals surface area contributed by atoms with Crippen molar-refractivity contribution in [2.45, 2.75) is 37.0 Å². The SMILES string of the molecule is NCC1CCN(S(=O)(=O)C2(NC(=O)NCCCc3cccs3)C=CC=CC2)CC1. The number of hydrogen-bond donors (Lipinski definition) is 3. The van der Waals surface area contributed by atoms with E-state index in [1.54, 1.807) is 35.6 Å². The predicted molar refractivity (Wildman–Crippen MR) is 117 cm³/mol. The minimum absolute atomic E-state index is 0.214. The number of carbonyl (C=O) groups is 1. The van der Waals surface area contributed by atoms with E-state index in [2.05, 4.69) is 16.7 Å². The Labute approximate surface area is 177 Å². The fourth-order valence-electron chi connectivity index (χ4n) is 3.72. The molecule has 0 bridgehead atoms. The maximum Gasteiger partial charge on any atom is 0.316 e. The van der Waals surface area contributed by atoms with E-state index in [0.29, 0.717) is 32.1 Å². The number of sulfonamides is 1. The van der Waals surface area contributed by atoms with E-state index in [4.69, 9.17) is 5.73 Å². The second-order valence-electron chi connectivity index (χ2n) is 7.53. The predicted octanol–water partition coefficient (Wildman–Crippen LogP) is 2.19. The molecule has 0 spiro atoms. The zero-order chi connectivity index (χ0) is 20.7. The van der Waals surface area contributed by atoms with Gasteiger partial charge in [0.15, 0.2) is 4.87 Å². The summed E-state index contributed by atoms with van der Waals surface area (Å²) in [7, 11) is -3.76. The fraction of sp³-hybridized carbons (Fsp3) is 0.550. The lowest BCUT2D eigenvalue weighted by atomic mass is 9.99. The molecule has 2 aliphatic rings. The van der Waals surface area contributed by atoms with Crippen LogP contribution in [0.15, 0.2) is 41.8 Å². The van der Waals surface area contributed by atoms with E-state index in [9.17, 15) is 13.2 Å². The first-order valence-electron chi connectivity index (χ1n) is 10.1. The van der Waals surface area contributed by atoms with E-state index in [0.717, 1.165) is 25.7 Å². The van der Waals surface area contributed by atoms with Crippen LogP contribution in [-0.4, -0.2) is 49.8 Å². The number of carbonyl (C=O) groups excluding carboxylic acids is 1. The molecule has 0 radical (unpaired) electrons. The summed E-state index contributed by atoms with van der Waals surface area (Å²) in [6.45, 7) is 1.94. The van der Waals surface area contributed by atoms with Gasteiger partial charge in [0.25, 0.3) is 0 Å². The number of nitrogens with two attached hydrogens (primary N) is 1. The van der Waals surface area contributed by atoms with Gasteiger partial charge < -0.3 is 16.4 Å². The van der Waals surface area contributed by atoms with Gasteiger partial charge in [-0.25, -0.2) is 13.2 Å². The molecule has 1 aromatic rings. The summed E-state index contributed by atoms with van der Waals surface area (Å²) in [5.41, 5.74) is 5.73. The molecule has 1 aliphatic heterocycles. The number of urea groups is 1. The van der Waals surface area contributed by atoms with Crippen LogP contribution in [0.4, 0.5) is 4.79 Å². The topological polar surface area (TPSA) is 105 Å². The summed E-state index contributed by atoms with van der Waals surface area (Å²) in [6, 6.07) is 3.62. The van der Waals surface area contributed by atoms with Gasteiger partial charge >= 0.3 is 6.03 Å². The zero-order valence-corrected chi connectivity index (χ0v) is 18.2. The molecule has 3 rings (SSSR count).